The summed E-state index contributed by atoms with van der Waals surface area (Å²) in [7, 11) is 0. The van der Waals surface area contributed by atoms with E-state index in [0.29, 0.717) is 0 Å². The van der Waals surface area contributed by atoms with Crippen molar-refractivity contribution in [3.05, 3.63) is 12.8 Å². The van der Waals surface area contributed by atoms with E-state index in [-0.39, 0.29) is 24.4 Å². The number of hydrogen-bond donors (Lipinski definition) is 1. The van der Waals surface area contributed by atoms with Gasteiger partial charge in [0.15, 0.2) is 0 Å². The summed E-state index contributed by atoms with van der Waals surface area (Å²) >= 11 is 0. The van der Waals surface area contributed by atoms with E-state index in [4.69, 9.17) is 9.47 Å². The molecule has 0 saturated carbocycles. The van der Waals surface area contributed by atoms with Crippen LogP contribution in [0.1, 0.15) is 12.8 Å². The van der Waals surface area contributed by atoms with Crippen LogP contribution in [0.25, 0.3) is 0 Å². The zero-order valence-corrected chi connectivity index (χ0v) is 6.27. The molecule has 0 aliphatic carbocycles. The Morgan fingerprint density at radius 3 is 2.91 bits per heavy atom. The molecule has 0 amide bonds. The zero-order chi connectivity index (χ0) is 7.84. The van der Waals surface area contributed by atoms with Crippen molar-refractivity contribution in [1.29, 1.82) is 0 Å². The molecule has 2 aliphatic heterocycles. The predicted octanol–water partition coefficient (Wildman–Crippen LogP) is 0.437. The lowest BCUT2D eigenvalue weighted by Gasteiger charge is -2.21. The third-order valence-corrected chi connectivity index (χ3v) is 2.37. The van der Waals surface area contributed by atoms with Crippen LogP contribution < -0.4 is 0 Å². The molecule has 0 radical (unpaired) electrons. The molecule has 2 aliphatic rings. The van der Waals surface area contributed by atoms with Crippen molar-refractivity contribution in [2.75, 3.05) is 0 Å². The van der Waals surface area contributed by atoms with E-state index in [0.717, 1.165) is 12.8 Å². The maximum absolute atomic E-state index is 9.38. The van der Waals surface area contributed by atoms with Crippen LogP contribution in [0, 0.1) is 0 Å². The lowest BCUT2D eigenvalue weighted by Crippen LogP contribution is -2.35. The molecule has 4 unspecified atom stereocenters. The zero-order valence-electron chi connectivity index (χ0n) is 6.27. The van der Waals surface area contributed by atoms with Gasteiger partial charge in [-0.05, 0) is 0 Å². The molecule has 2 saturated heterocycles. The second kappa shape index (κ2) is 2.50. The lowest BCUT2D eigenvalue weighted by molar-refractivity contribution is -0.0120. The fourth-order valence-corrected chi connectivity index (χ4v) is 1.91. The van der Waals surface area contributed by atoms with Gasteiger partial charge in [-0.2, -0.15) is 0 Å². The van der Waals surface area contributed by atoms with E-state index >= 15 is 0 Å². The molecule has 0 spiro atoms. The standard InChI is InChI=1S/C8H12O3/c1-2-10-7-4-5-3-6(9)8(7)11-5/h2,5-9H,1,3-4H2. The van der Waals surface area contributed by atoms with Crippen molar-refractivity contribution >= 4 is 0 Å². The number of aliphatic hydroxyl groups is 1. The molecular weight excluding hydrogens is 144 g/mol. The highest BCUT2D eigenvalue weighted by Crippen LogP contribution is 2.36. The number of rotatable bonds is 2. The van der Waals surface area contributed by atoms with Crippen molar-refractivity contribution < 1.29 is 14.6 Å². The molecule has 0 aromatic heterocycles. The van der Waals surface area contributed by atoms with Crippen LogP contribution in [0.3, 0.4) is 0 Å². The van der Waals surface area contributed by atoms with E-state index < -0.39 is 0 Å². The second-order valence-corrected chi connectivity index (χ2v) is 3.10. The third-order valence-electron chi connectivity index (χ3n) is 2.37. The summed E-state index contributed by atoms with van der Waals surface area (Å²) in [5.74, 6) is 0. The maximum Gasteiger partial charge on any atom is 0.129 e. The van der Waals surface area contributed by atoms with Gasteiger partial charge in [0.2, 0.25) is 0 Å². The highest BCUT2D eigenvalue weighted by atomic mass is 16.6. The molecule has 2 bridgehead atoms. The first-order valence-corrected chi connectivity index (χ1v) is 3.91. The summed E-state index contributed by atoms with van der Waals surface area (Å²) in [6.45, 7) is 3.47. The molecule has 11 heavy (non-hydrogen) atoms. The van der Waals surface area contributed by atoms with Gasteiger partial charge in [0.25, 0.3) is 0 Å². The summed E-state index contributed by atoms with van der Waals surface area (Å²) in [6.07, 6.45) is 2.87. The van der Waals surface area contributed by atoms with Gasteiger partial charge in [0, 0.05) is 12.8 Å². The summed E-state index contributed by atoms with van der Waals surface area (Å²) < 4.78 is 10.6. The minimum absolute atomic E-state index is 0.0289. The molecule has 2 fully saturated rings. The molecule has 3 heteroatoms. The highest BCUT2D eigenvalue weighted by molar-refractivity contribution is 4.96. The Kier molecular flexibility index (Phi) is 1.62. The van der Waals surface area contributed by atoms with Crippen molar-refractivity contribution in [3.63, 3.8) is 0 Å². The Morgan fingerprint density at radius 1 is 1.55 bits per heavy atom. The third kappa shape index (κ3) is 1.04. The second-order valence-electron chi connectivity index (χ2n) is 3.10. The van der Waals surface area contributed by atoms with Gasteiger partial charge in [-0.15, -0.1) is 0 Å². The van der Waals surface area contributed by atoms with Gasteiger partial charge in [0.1, 0.15) is 12.2 Å². The van der Waals surface area contributed by atoms with E-state index in [2.05, 4.69) is 6.58 Å². The van der Waals surface area contributed by atoms with Crippen molar-refractivity contribution in [2.24, 2.45) is 0 Å². The normalized spacial score (nSPS) is 47.7. The average molecular weight is 156 g/mol. The van der Waals surface area contributed by atoms with Crippen LogP contribution in [-0.2, 0) is 9.47 Å². The summed E-state index contributed by atoms with van der Waals surface area (Å²) in [5, 5.41) is 9.38. The van der Waals surface area contributed by atoms with Crippen LogP contribution in [-0.4, -0.2) is 29.5 Å². The molecule has 2 heterocycles. The molecule has 0 aromatic rings. The monoisotopic (exact) mass is 156 g/mol. The SMILES string of the molecule is C=COC1CC2CC(O)C1O2. The van der Waals surface area contributed by atoms with Crippen LogP contribution in [0.4, 0.5) is 0 Å². The molecule has 2 rings (SSSR count). The highest BCUT2D eigenvalue weighted by Gasteiger charge is 2.47. The molecule has 3 nitrogen and oxygen atoms in total. The van der Waals surface area contributed by atoms with Crippen LogP contribution >= 0.6 is 0 Å². The minimum atomic E-state index is -0.335. The molecule has 4 atom stereocenters. The van der Waals surface area contributed by atoms with E-state index in [1.165, 1.54) is 6.26 Å². The van der Waals surface area contributed by atoms with Crippen molar-refractivity contribution in [3.8, 4) is 0 Å². The fraction of sp³-hybridized carbons (Fsp3) is 0.750. The topological polar surface area (TPSA) is 38.7 Å². The Balaban J connectivity index is 2.00. The lowest BCUT2D eigenvalue weighted by atomic mass is 9.95. The van der Waals surface area contributed by atoms with Gasteiger partial charge in [0.05, 0.1) is 18.5 Å². The Bertz CT molecular complexity index is 169. The smallest absolute Gasteiger partial charge is 0.129 e. The van der Waals surface area contributed by atoms with Crippen LogP contribution in [0.2, 0.25) is 0 Å². The van der Waals surface area contributed by atoms with Crippen LogP contribution in [0.15, 0.2) is 12.8 Å². The van der Waals surface area contributed by atoms with Gasteiger partial charge in [-0.3, -0.25) is 0 Å². The quantitative estimate of drug-likeness (QED) is 0.589. The number of hydrogen-bond acceptors (Lipinski definition) is 3. The Morgan fingerprint density at radius 2 is 2.36 bits per heavy atom. The largest absolute Gasteiger partial charge is 0.496 e. The van der Waals surface area contributed by atoms with Gasteiger partial charge in [-0.25, -0.2) is 0 Å². The number of aliphatic hydroxyl groups excluding tert-OH is 1. The van der Waals surface area contributed by atoms with Gasteiger partial charge < -0.3 is 14.6 Å². The van der Waals surface area contributed by atoms with Crippen molar-refractivity contribution in [1.82, 2.24) is 0 Å². The minimum Gasteiger partial charge on any atom is -0.496 e. The number of fused-ring (bicyclic) bond motifs is 2. The Hall–Kier alpha value is -0.540. The molecule has 1 N–H and O–H groups in total. The predicted molar refractivity (Wildman–Crippen MR) is 39.0 cm³/mol. The summed E-state index contributed by atoms with van der Waals surface area (Å²) in [4.78, 5) is 0. The van der Waals surface area contributed by atoms with Crippen molar-refractivity contribution in [2.45, 2.75) is 37.3 Å². The van der Waals surface area contributed by atoms with Gasteiger partial charge >= 0.3 is 0 Å². The Labute approximate surface area is 65.6 Å². The summed E-state index contributed by atoms with van der Waals surface area (Å²) in [5.41, 5.74) is 0. The van der Waals surface area contributed by atoms with E-state index in [1.807, 2.05) is 0 Å². The summed E-state index contributed by atoms with van der Waals surface area (Å²) in [6, 6.07) is 0. The number of ether oxygens (including phenoxy) is 2. The van der Waals surface area contributed by atoms with E-state index in [9.17, 15) is 5.11 Å². The average Bonchev–Trinajstić information content (AvgIpc) is 2.46. The van der Waals surface area contributed by atoms with Crippen LogP contribution in [0.5, 0.6) is 0 Å². The van der Waals surface area contributed by atoms with E-state index in [1.54, 1.807) is 0 Å². The molecular formula is C8H12O3. The maximum atomic E-state index is 9.38. The molecule has 0 aromatic carbocycles. The molecule has 62 valence electrons. The first-order valence-electron chi connectivity index (χ1n) is 3.91. The fourth-order valence-electron chi connectivity index (χ4n) is 1.91. The first kappa shape index (κ1) is 7.13. The first-order chi connectivity index (χ1) is 5.31. The van der Waals surface area contributed by atoms with Gasteiger partial charge in [-0.1, -0.05) is 6.58 Å².